The molecule has 3 heterocycles. The van der Waals surface area contributed by atoms with E-state index in [0.29, 0.717) is 5.92 Å². The lowest BCUT2D eigenvalue weighted by molar-refractivity contribution is 0.338. The topological polar surface area (TPSA) is 46.9 Å². The van der Waals surface area contributed by atoms with Crippen LogP contribution in [0, 0.1) is 0 Å². The molecule has 2 aromatic carbocycles. The average molecular weight is 386 g/mol. The second-order valence-corrected chi connectivity index (χ2v) is 9.04. The Bertz CT molecular complexity index is 1150. The molecular formula is C25H27N3O. The summed E-state index contributed by atoms with van der Waals surface area (Å²) in [6.07, 6.45) is 8.27. The third kappa shape index (κ3) is 2.48. The Morgan fingerprint density at radius 3 is 2.62 bits per heavy atom. The summed E-state index contributed by atoms with van der Waals surface area (Å²) in [5.41, 5.74) is 4.92. The number of hydrogen-bond acceptors (Lipinski definition) is 3. The molecule has 4 nitrogen and oxygen atoms in total. The van der Waals surface area contributed by atoms with Gasteiger partial charge in [-0.25, -0.2) is 0 Å². The van der Waals surface area contributed by atoms with Crippen molar-refractivity contribution in [3.63, 3.8) is 0 Å². The van der Waals surface area contributed by atoms with Crippen LogP contribution in [0.2, 0.25) is 0 Å². The van der Waals surface area contributed by atoms with Gasteiger partial charge in [0.15, 0.2) is 0 Å². The zero-order valence-corrected chi connectivity index (χ0v) is 16.8. The molecule has 6 rings (SSSR count). The Morgan fingerprint density at radius 1 is 1.00 bits per heavy atom. The molecule has 1 spiro atoms. The molecule has 148 valence electrons. The van der Waals surface area contributed by atoms with Crippen molar-refractivity contribution in [3.05, 3.63) is 69.8 Å². The first-order valence-corrected chi connectivity index (χ1v) is 11.2. The first kappa shape index (κ1) is 17.4. The zero-order chi connectivity index (χ0) is 19.4. The van der Waals surface area contributed by atoms with E-state index in [0.717, 1.165) is 42.7 Å². The molecule has 2 fully saturated rings. The molecule has 1 saturated carbocycles. The van der Waals surface area contributed by atoms with E-state index >= 15 is 0 Å². The standard InChI is InChI=1S/C25H27N3O/c29-23-19-6-2-3-7-21(19)28-22-16-18(17-10-14-26-15-11-17)8-9-20(22)25(24(28)27-23)12-4-1-5-13-25/h2-3,6-9,16-17,26H,1,4-5,10-15H2. The molecule has 0 radical (unpaired) electrons. The van der Waals surface area contributed by atoms with Crippen LogP contribution < -0.4 is 10.9 Å². The van der Waals surface area contributed by atoms with Crippen molar-refractivity contribution in [1.82, 2.24) is 14.9 Å². The van der Waals surface area contributed by atoms with Gasteiger partial charge in [0.2, 0.25) is 0 Å². The number of benzene rings is 2. The van der Waals surface area contributed by atoms with Gasteiger partial charge in [0, 0.05) is 0 Å². The highest BCUT2D eigenvalue weighted by Crippen LogP contribution is 2.51. The molecule has 1 aromatic heterocycles. The van der Waals surface area contributed by atoms with Gasteiger partial charge in [0.1, 0.15) is 5.82 Å². The first-order chi connectivity index (χ1) is 14.3. The van der Waals surface area contributed by atoms with Crippen LogP contribution >= 0.6 is 0 Å². The minimum Gasteiger partial charge on any atom is -0.317 e. The molecule has 29 heavy (non-hydrogen) atoms. The highest BCUT2D eigenvalue weighted by Gasteiger charge is 2.46. The van der Waals surface area contributed by atoms with Crippen molar-refractivity contribution in [2.24, 2.45) is 0 Å². The van der Waals surface area contributed by atoms with E-state index in [1.54, 1.807) is 0 Å². The number of rotatable bonds is 1. The summed E-state index contributed by atoms with van der Waals surface area (Å²) in [6.45, 7) is 2.19. The predicted molar refractivity (Wildman–Crippen MR) is 116 cm³/mol. The Morgan fingerprint density at radius 2 is 1.79 bits per heavy atom. The van der Waals surface area contributed by atoms with Gasteiger partial charge in [-0.05, 0) is 74.0 Å². The second kappa shape index (κ2) is 6.53. The number of aromatic nitrogens is 2. The molecule has 2 aliphatic heterocycles. The van der Waals surface area contributed by atoms with Gasteiger partial charge in [-0.15, -0.1) is 0 Å². The Balaban J connectivity index is 1.64. The smallest absolute Gasteiger partial charge is 0.280 e. The van der Waals surface area contributed by atoms with E-state index in [9.17, 15) is 4.79 Å². The lowest BCUT2D eigenvalue weighted by Gasteiger charge is -2.33. The zero-order valence-electron chi connectivity index (χ0n) is 16.8. The van der Waals surface area contributed by atoms with Crippen LogP contribution in [0.25, 0.3) is 16.6 Å². The summed E-state index contributed by atoms with van der Waals surface area (Å²) in [4.78, 5) is 17.6. The molecule has 1 saturated heterocycles. The first-order valence-electron chi connectivity index (χ1n) is 11.2. The minimum atomic E-state index is -0.0938. The van der Waals surface area contributed by atoms with Crippen molar-refractivity contribution in [2.45, 2.75) is 56.3 Å². The highest BCUT2D eigenvalue weighted by atomic mass is 16.1. The maximum absolute atomic E-state index is 12.9. The molecule has 4 heteroatoms. The molecule has 0 atom stereocenters. The van der Waals surface area contributed by atoms with E-state index in [-0.39, 0.29) is 11.0 Å². The van der Waals surface area contributed by atoms with Crippen LogP contribution in [0.4, 0.5) is 0 Å². The number of piperidine rings is 1. The van der Waals surface area contributed by atoms with Gasteiger partial charge in [-0.1, -0.05) is 43.5 Å². The van der Waals surface area contributed by atoms with Crippen LogP contribution in [0.15, 0.2) is 47.3 Å². The van der Waals surface area contributed by atoms with Crippen molar-refractivity contribution >= 4 is 10.9 Å². The van der Waals surface area contributed by atoms with E-state index in [1.807, 2.05) is 18.2 Å². The van der Waals surface area contributed by atoms with Gasteiger partial charge in [-0.2, -0.15) is 4.98 Å². The van der Waals surface area contributed by atoms with E-state index in [1.165, 1.54) is 48.9 Å². The van der Waals surface area contributed by atoms with Crippen LogP contribution in [0.3, 0.4) is 0 Å². The van der Waals surface area contributed by atoms with Crippen LogP contribution in [0.5, 0.6) is 0 Å². The molecule has 0 bridgehead atoms. The van der Waals surface area contributed by atoms with Crippen molar-refractivity contribution in [1.29, 1.82) is 0 Å². The van der Waals surface area contributed by atoms with E-state index < -0.39 is 0 Å². The average Bonchev–Trinajstić information content (AvgIpc) is 3.04. The highest BCUT2D eigenvalue weighted by molar-refractivity contribution is 5.82. The number of nitrogens with one attached hydrogen (secondary N) is 1. The minimum absolute atomic E-state index is 0.0804. The van der Waals surface area contributed by atoms with Gasteiger partial charge < -0.3 is 5.32 Å². The summed E-state index contributed by atoms with van der Waals surface area (Å²) < 4.78 is 2.32. The van der Waals surface area contributed by atoms with Crippen LogP contribution in [0.1, 0.15) is 67.8 Å². The number of nitrogens with zero attached hydrogens (tertiary/aromatic N) is 2. The number of hydrogen-bond donors (Lipinski definition) is 1. The molecule has 3 aliphatic rings. The van der Waals surface area contributed by atoms with Crippen LogP contribution in [-0.2, 0) is 5.41 Å². The third-order valence-corrected chi connectivity index (χ3v) is 7.52. The van der Waals surface area contributed by atoms with Gasteiger partial charge in [0.05, 0.1) is 22.0 Å². The molecule has 1 aliphatic carbocycles. The Hall–Kier alpha value is -2.46. The van der Waals surface area contributed by atoms with Crippen molar-refractivity contribution in [2.75, 3.05) is 13.1 Å². The fourth-order valence-electron chi connectivity index (χ4n) is 6.05. The summed E-state index contributed by atoms with van der Waals surface area (Å²) in [6, 6.07) is 15.1. The monoisotopic (exact) mass is 385 g/mol. The van der Waals surface area contributed by atoms with Crippen molar-refractivity contribution in [3.8, 4) is 5.69 Å². The van der Waals surface area contributed by atoms with Gasteiger partial charge >= 0.3 is 0 Å². The third-order valence-electron chi connectivity index (χ3n) is 7.52. The van der Waals surface area contributed by atoms with E-state index in [4.69, 9.17) is 4.98 Å². The predicted octanol–water partition coefficient (Wildman–Crippen LogP) is 4.42. The maximum atomic E-state index is 12.9. The fourth-order valence-corrected chi connectivity index (χ4v) is 6.05. The lowest BCUT2D eigenvalue weighted by Crippen LogP contribution is -2.32. The maximum Gasteiger partial charge on any atom is 0.280 e. The SMILES string of the molecule is O=c1nc2n(c3ccccc13)-c1cc(C3CCNCC3)ccc1C21CCCCC1. The van der Waals surface area contributed by atoms with Gasteiger partial charge in [0.25, 0.3) is 5.56 Å². The summed E-state index contributed by atoms with van der Waals surface area (Å²) in [5.74, 6) is 1.60. The normalized spacial score (nSPS) is 20.7. The summed E-state index contributed by atoms with van der Waals surface area (Å²) in [5, 5.41) is 4.20. The number of para-hydroxylation sites is 1. The Labute approximate surface area is 171 Å². The van der Waals surface area contributed by atoms with Crippen LogP contribution in [-0.4, -0.2) is 22.6 Å². The molecule has 0 unspecified atom stereocenters. The van der Waals surface area contributed by atoms with Crippen molar-refractivity contribution < 1.29 is 0 Å². The fraction of sp³-hybridized carbons (Fsp3) is 0.440. The largest absolute Gasteiger partial charge is 0.317 e. The second-order valence-electron chi connectivity index (χ2n) is 9.04. The molecule has 1 N–H and O–H groups in total. The molecule has 0 amide bonds. The van der Waals surface area contributed by atoms with E-state index in [2.05, 4.69) is 34.1 Å². The summed E-state index contributed by atoms with van der Waals surface area (Å²) in [7, 11) is 0. The quantitative estimate of drug-likeness (QED) is 0.675. The molecular weight excluding hydrogens is 358 g/mol. The van der Waals surface area contributed by atoms with Gasteiger partial charge in [-0.3, -0.25) is 9.36 Å². The Kier molecular flexibility index (Phi) is 3.92. The summed E-state index contributed by atoms with van der Waals surface area (Å²) >= 11 is 0. The number of fused-ring (bicyclic) bond motifs is 7. The molecule has 3 aromatic rings. The lowest BCUT2D eigenvalue weighted by atomic mass is 9.69.